The molecular weight excluding hydrogens is 316 g/mol. The van der Waals surface area contributed by atoms with Crippen LogP contribution in [0.4, 0.5) is 5.82 Å². The molecule has 130 valence electrons. The lowest BCUT2D eigenvalue weighted by Crippen LogP contribution is -2.43. The number of aromatic nitrogens is 2. The van der Waals surface area contributed by atoms with Crippen LogP contribution < -0.4 is 10.1 Å². The van der Waals surface area contributed by atoms with Crippen LogP contribution in [0.25, 0.3) is 0 Å². The molecule has 2 aromatic rings. The van der Waals surface area contributed by atoms with Gasteiger partial charge in [0.05, 0.1) is 5.69 Å². The van der Waals surface area contributed by atoms with Crippen LogP contribution in [-0.2, 0) is 17.8 Å². The average molecular weight is 338 g/mol. The van der Waals surface area contributed by atoms with E-state index in [-0.39, 0.29) is 11.9 Å². The van der Waals surface area contributed by atoms with Crippen LogP contribution in [0.15, 0.2) is 24.3 Å². The molecule has 25 heavy (non-hydrogen) atoms. The molecule has 6 heteroatoms. The SMILES string of the molecule is Cc1nc2c(c(NC3CCC(=O)N(C)C3)n1)Cc1ccccc1OC2. The number of anilines is 1. The quantitative estimate of drug-likeness (QED) is 0.910. The predicted octanol–water partition coefficient (Wildman–Crippen LogP) is 2.30. The smallest absolute Gasteiger partial charge is 0.222 e. The molecule has 1 fully saturated rings. The fourth-order valence-corrected chi connectivity index (χ4v) is 3.53. The molecule has 0 saturated carbocycles. The average Bonchev–Trinajstić information content (AvgIpc) is 2.78. The van der Waals surface area contributed by atoms with E-state index in [1.807, 2.05) is 32.2 Å². The second kappa shape index (κ2) is 6.35. The van der Waals surface area contributed by atoms with Crippen molar-refractivity contribution in [3.05, 3.63) is 46.9 Å². The molecule has 3 heterocycles. The maximum Gasteiger partial charge on any atom is 0.222 e. The molecule has 0 bridgehead atoms. The molecular formula is C19H22N4O2. The van der Waals surface area contributed by atoms with E-state index in [1.54, 1.807) is 4.90 Å². The van der Waals surface area contributed by atoms with Crippen molar-refractivity contribution < 1.29 is 9.53 Å². The zero-order chi connectivity index (χ0) is 17.4. The van der Waals surface area contributed by atoms with Gasteiger partial charge in [0, 0.05) is 38.0 Å². The lowest BCUT2D eigenvalue weighted by molar-refractivity contribution is -0.132. The van der Waals surface area contributed by atoms with Crippen LogP contribution in [0, 0.1) is 6.92 Å². The fourth-order valence-electron chi connectivity index (χ4n) is 3.53. The number of hydrogen-bond donors (Lipinski definition) is 1. The van der Waals surface area contributed by atoms with Crippen molar-refractivity contribution >= 4 is 11.7 Å². The van der Waals surface area contributed by atoms with Crippen LogP contribution >= 0.6 is 0 Å². The highest BCUT2D eigenvalue weighted by atomic mass is 16.5. The van der Waals surface area contributed by atoms with Gasteiger partial charge in [-0.1, -0.05) is 18.2 Å². The van der Waals surface area contributed by atoms with E-state index in [4.69, 9.17) is 4.74 Å². The summed E-state index contributed by atoms with van der Waals surface area (Å²) < 4.78 is 5.94. The largest absolute Gasteiger partial charge is 0.487 e. The molecule has 0 aliphatic carbocycles. The highest BCUT2D eigenvalue weighted by Gasteiger charge is 2.26. The van der Waals surface area contributed by atoms with Crippen molar-refractivity contribution in [2.75, 3.05) is 18.9 Å². The number of fused-ring (bicyclic) bond motifs is 2. The molecule has 4 rings (SSSR count). The number of benzene rings is 1. The Hall–Kier alpha value is -2.63. The van der Waals surface area contributed by atoms with Crippen molar-refractivity contribution in [3.63, 3.8) is 0 Å². The maximum atomic E-state index is 11.7. The topological polar surface area (TPSA) is 67.4 Å². The summed E-state index contributed by atoms with van der Waals surface area (Å²) in [4.78, 5) is 22.8. The Bertz CT molecular complexity index is 821. The van der Waals surface area contributed by atoms with Gasteiger partial charge in [-0.05, 0) is 25.0 Å². The van der Waals surface area contributed by atoms with Gasteiger partial charge in [0.1, 0.15) is 24.0 Å². The summed E-state index contributed by atoms with van der Waals surface area (Å²) in [5.74, 6) is 2.72. The van der Waals surface area contributed by atoms with Gasteiger partial charge in [-0.3, -0.25) is 4.79 Å². The second-order valence-corrected chi connectivity index (χ2v) is 6.77. The molecule has 1 atom stereocenters. The van der Waals surface area contributed by atoms with Gasteiger partial charge in [0.15, 0.2) is 0 Å². The summed E-state index contributed by atoms with van der Waals surface area (Å²) in [7, 11) is 1.85. The highest BCUT2D eigenvalue weighted by molar-refractivity contribution is 5.77. The summed E-state index contributed by atoms with van der Waals surface area (Å²) >= 11 is 0. The Labute approximate surface area is 147 Å². The molecule has 1 aromatic heterocycles. The Balaban J connectivity index is 1.66. The van der Waals surface area contributed by atoms with Gasteiger partial charge in [0.2, 0.25) is 5.91 Å². The Kier molecular flexibility index (Phi) is 4.03. The Morgan fingerprint density at radius 2 is 2.12 bits per heavy atom. The number of piperidine rings is 1. The van der Waals surface area contributed by atoms with E-state index >= 15 is 0 Å². The van der Waals surface area contributed by atoms with E-state index in [0.29, 0.717) is 19.6 Å². The summed E-state index contributed by atoms with van der Waals surface area (Å²) in [5.41, 5.74) is 3.18. The molecule has 1 N–H and O–H groups in total. The third-order valence-electron chi connectivity index (χ3n) is 4.88. The predicted molar refractivity (Wildman–Crippen MR) is 94.6 cm³/mol. The number of rotatable bonds is 2. The van der Waals surface area contributed by atoms with Gasteiger partial charge in [-0.25, -0.2) is 9.97 Å². The molecule has 6 nitrogen and oxygen atoms in total. The minimum absolute atomic E-state index is 0.207. The van der Waals surface area contributed by atoms with Crippen LogP contribution in [-0.4, -0.2) is 40.4 Å². The molecule has 1 saturated heterocycles. The monoisotopic (exact) mass is 338 g/mol. The third-order valence-corrected chi connectivity index (χ3v) is 4.88. The zero-order valence-electron chi connectivity index (χ0n) is 14.6. The molecule has 0 spiro atoms. The molecule has 2 aliphatic rings. The van der Waals surface area contributed by atoms with Crippen molar-refractivity contribution in [2.45, 2.75) is 38.8 Å². The highest BCUT2D eigenvalue weighted by Crippen LogP contribution is 2.31. The minimum atomic E-state index is 0.207. The summed E-state index contributed by atoms with van der Waals surface area (Å²) in [6, 6.07) is 8.30. The number of likely N-dealkylation sites (N-methyl/N-ethyl adjacent to an activating group) is 1. The number of nitrogens with zero attached hydrogens (tertiary/aromatic N) is 3. The van der Waals surface area contributed by atoms with Gasteiger partial charge in [-0.2, -0.15) is 0 Å². The number of amides is 1. The summed E-state index contributed by atoms with van der Waals surface area (Å²) in [5, 5.41) is 3.56. The lowest BCUT2D eigenvalue weighted by Gasteiger charge is -2.31. The maximum absolute atomic E-state index is 11.7. The third kappa shape index (κ3) is 3.16. The number of nitrogens with one attached hydrogen (secondary N) is 1. The standard InChI is InChI=1S/C19H22N4O2/c1-12-20-16-11-25-17-6-4-3-5-13(17)9-15(16)19(21-12)22-14-7-8-18(24)23(2)10-14/h3-6,14H,7-11H2,1-2H3,(H,20,21,22). The van der Waals surface area contributed by atoms with Gasteiger partial charge in [-0.15, -0.1) is 0 Å². The van der Waals surface area contributed by atoms with E-state index in [2.05, 4.69) is 21.4 Å². The fraction of sp³-hybridized carbons (Fsp3) is 0.421. The molecule has 1 aromatic carbocycles. The first-order valence-electron chi connectivity index (χ1n) is 8.68. The van der Waals surface area contributed by atoms with E-state index in [9.17, 15) is 4.79 Å². The van der Waals surface area contributed by atoms with Gasteiger partial charge >= 0.3 is 0 Å². The molecule has 0 radical (unpaired) electrons. The first-order chi connectivity index (χ1) is 12.1. The molecule has 2 aliphatic heterocycles. The van der Waals surface area contributed by atoms with E-state index in [1.165, 1.54) is 0 Å². The number of aryl methyl sites for hydroxylation is 1. The van der Waals surface area contributed by atoms with Crippen LogP contribution in [0.5, 0.6) is 5.75 Å². The molecule has 1 unspecified atom stereocenters. The Morgan fingerprint density at radius 1 is 1.28 bits per heavy atom. The van der Waals surface area contributed by atoms with Crippen molar-refractivity contribution in [1.29, 1.82) is 0 Å². The van der Waals surface area contributed by atoms with E-state index in [0.717, 1.165) is 47.1 Å². The first kappa shape index (κ1) is 15.9. The van der Waals surface area contributed by atoms with Crippen molar-refractivity contribution in [2.24, 2.45) is 0 Å². The number of carbonyl (C=O) groups excluding carboxylic acids is 1. The molecule has 1 amide bonds. The van der Waals surface area contributed by atoms with Crippen LogP contribution in [0.1, 0.15) is 35.5 Å². The van der Waals surface area contributed by atoms with Crippen molar-refractivity contribution in [3.8, 4) is 5.75 Å². The Morgan fingerprint density at radius 3 is 2.96 bits per heavy atom. The van der Waals surface area contributed by atoms with Crippen LogP contribution in [0.3, 0.4) is 0 Å². The normalized spacial score (nSPS) is 19.5. The van der Waals surface area contributed by atoms with Crippen molar-refractivity contribution in [1.82, 2.24) is 14.9 Å². The number of likely N-dealkylation sites (tertiary alicyclic amines) is 1. The summed E-state index contributed by atoms with van der Waals surface area (Å²) in [6.07, 6.45) is 2.15. The number of hydrogen-bond acceptors (Lipinski definition) is 5. The van der Waals surface area contributed by atoms with Crippen LogP contribution in [0.2, 0.25) is 0 Å². The van der Waals surface area contributed by atoms with Gasteiger partial charge in [0.25, 0.3) is 0 Å². The number of ether oxygens (including phenoxy) is 1. The van der Waals surface area contributed by atoms with E-state index < -0.39 is 0 Å². The zero-order valence-corrected chi connectivity index (χ0v) is 14.6. The summed E-state index contributed by atoms with van der Waals surface area (Å²) in [6.45, 7) is 3.05. The second-order valence-electron chi connectivity index (χ2n) is 6.77. The number of para-hydroxylation sites is 1. The van der Waals surface area contributed by atoms with Gasteiger partial charge < -0.3 is 15.0 Å². The number of carbonyl (C=O) groups is 1. The lowest BCUT2D eigenvalue weighted by atomic mass is 10.0. The first-order valence-corrected chi connectivity index (χ1v) is 8.68. The minimum Gasteiger partial charge on any atom is -0.487 e.